The Kier molecular flexibility index (Phi) is 1.59. The molecule has 1 aromatic rings. The molecule has 0 spiro atoms. The Labute approximate surface area is 64.2 Å². The molecule has 0 aliphatic carbocycles. The summed E-state index contributed by atoms with van der Waals surface area (Å²) in [4.78, 5) is 0. The maximum absolute atomic E-state index is 5.32. The first kappa shape index (κ1) is 6.39. The van der Waals surface area contributed by atoms with Crippen LogP contribution in [0.3, 0.4) is 0 Å². The Bertz CT molecular complexity index is 227. The molecule has 0 fully saturated rings. The van der Waals surface area contributed by atoms with Gasteiger partial charge in [-0.3, -0.25) is 0 Å². The summed E-state index contributed by atoms with van der Waals surface area (Å²) in [6.07, 6.45) is 2.49. The second-order valence-electron chi connectivity index (χ2n) is 2.25. The number of rotatable bonds is 0. The van der Waals surface area contributed by atoms with E-state index in [1.54, 1.807) is 12.3 Å². The van der Waals surface area contributed by atoms with E-state index in [2.05, 4.69) is 10.2 Å². The molecule has 0 amide bonds. The zero-order valence-electron chi connectivity index (χ0n) is 5.99. The number of aromatic nitrogens is 2. The van der Waals surface area contributed by atoms with Crippen molar-refractivity contribution >= 4 is 0 Å². The predicted octanol–water partition coefficient (Wildman–Crippen LogP) is 0.638. The summed E-state index contributed by atoms with van der Waals surface area (Å²) in [5.74, 6) is 1.20. The number of ether oxygens (including phenoxy) is 2. The van der Waals surface area contributed by atoms with Gasteiger partial charge in [-0.25, -0.2) is 0 Å². The molecule has 4 heteroatoms. The first-order chi connectivity index (χ1) is 5.47. The second-order valence-corrected chi connectivity index (χ2v) is 2.25. The van der Waals surface area contributed by atoms with Crippen molar-refractivity contribution in [1.82, 2.24) is 10.2 Å². The third kappa shape index (κ3) is 1.24. The van der Waals surface area contributed by atoms with Crippen LogP contribution in [0.25, 0.3) is 0 Å². The molecule has 0 radical (unpaired) electrons. The van der Waals surface area contributed by atoms with Crippen LogP contribution in [0.2, 0.25) is 0 Å². The average molecular weight is 152 g/mol. The van der Waals surface area contributed by atoms with Crippen molar-refractivity contribution < 1.29 is 9.47 Å². The van der Waals surface area contributed by atoms with Crippen molar-refractivity contribution in [3.05, 3.63) is 12.3 Å². The molecule has 0 aromatic carbocycles. The smallest absolute Gasteiger partial charge is 0.276 e. The quantitative estimate of drug-likeness (QED) is 0.547. The monoisotopic (exact) mass is 152 g/mol. The number of fused-ring (bicyclic) bond motifs is 1. The zero-order chi connectivity index (χ0) is 7.52. The van der Waals surface area contributed by atoms with Crippen molar-refractivity contribution in [1.29, 1.82) is 0 Å². The minimum absolute atomic E-state index is 0.505. The highest BCUT2D eigenvalue weighted by molar-refractivity contribution is 5.30. The summed E-state index contributed by atoms with van der Waals surface area (Å²) in [6.45, 7) is 1.35. The number of hydrogen-bond donors (Lipinski definition) is 0. The number of hydrogen-bond acceptors (Lipinski definition) is 4. The van der Waals surface area contributed by atoms with Crippen LogP contribution in [0.4, 0.5) is 0 Å². The lowest BCUT2D eigenvalue weighted by atomic mass is 10.5. The molecule has 1 aliphatic heterocycles. The molecule has 2 heterocycles. The topological polar surface area (TPSA) is 44.2 Å². The summed E-state index contributed by atoms with van der Waals surface area (Å²) in [5, 5.41) is 7.47. The lowest BCUT2D eigenvalue weighted by Crippen LogP contribution is -1.98. The minimum atomic E-state index is 0.505. The van der Waals surface area contributed by atoms with Crippen LogP contribution in [0.1, 0.15) is 6.42 Å². The van der Waals surface area contributed by atoms with Gasteiger partial charge in [-0.1, -0.05) is 0 Å². The molecule has 58 valence electrons. The highest BCUT2D eigenvalue weighted by Gasteiger charge is 2.09. The van der Waals surface area contributed by atoms with Gasteiger partial charge in [0, 0.05) is 12.5 Å². The molecular weight excluding hydrogens is 144 g/mol. The Morgan fingerprint density at radius 2 is 2.18 bits per heavy atom. The fourth-order valence-corrected chi connectivity index (χ4v) is 0.927. The van der Waals surface area contributed by atoms with Crippen molar-refractivity contribution in [3.63, 3.8) is 0 Å². The maximum Gasteiger partial charge on any atom is 0.276 e. The van der Waals surface area contributed by atoms with Crippen LogP contribution in [0, 0.1) is 0 Å². The highest BCUT2D eigenvalue weighted by atomic mass is 16.5. The van der Waals surface area contributed by atoms with E-state index in [4.69, 9.17) is 9.47 Å². The van der Waals surface area contributed by atoms with Crippen LogP contribution >= 0.6 is 0 Å². The number of nitrogens with zero attached hydrogens (tertiary/aromatic N) is 2. The van der Waals surface area contributed by atoms with Gasteiger partial charge in [-0.15, -0.1) is 5.10 Å². The van der Waals surface area contributed by atoms with Gasteiger partial charge in [0.1, 0.15) is 0 Å². The Morgan fingerprint density at radius 1 is 1.27 bits per heavy atom. The SMILES string of the molecule is c1cc2c(nn1)OCCCO2. The van der Waals surface area contributed by atoms with Gasteiger partial charge in [-0.2, -0.15) is 5.10 Å². The summed E-state index contributed by atoms with van der Waals surface area (Å²) in [6, 6.07) is 1.76. The van der Waals surface area contributed by atoms with Crippen LogP contribution in [0.5, 0.6) is 11.6 Å². The fourth-order valence-electron chi connectivity index (χ4n) is 0.927. The molecule has 1 aliphatic rings. The van der Waals surface area contributed by atoms with Crippen LogP contribution in [0.15, 0.2) is 12.3 Å². The van der Waals surface area contributed by atoms with Gasteiger partial charge in [0.05, 0.1) is 19.4 Å². The highest BCUT2D eigenvalue weighted by Crippen LogP contribution is 2.24. The summed E-state index contributed by atoms with van der Waals surface area (Å²) >= 11 is 0. The molecule has 2 rings (SSSR count). The van der Waals surface area contributed by atoms with E-state index in [1.165, 1.54) is 0 Å². The minimum Gasteiger partial charge on any atom is -0.488 e. The molecule has 0 saturated carbocycles. The van der Waals surface area contributed by atoms with Gasteiger partial charge >= 0.3 is 0 Å². The van der Waals surface area contributed by atoms with Gasteiger partial charge < -0.3 is 9.47 Å². The molecule has 0 unspecified atom stereocenters. The maximum atomic E-state index is 5.32. The molecule has 4 nitrogen and oxygen atoms in total. The van der Waals surface area contributed by atoms with Crippen molar-refractivity contribution in [2.45, 2.75) is 6.42 Å². The molecular formula is C7H8N2O2. The molecule has 1 aromatic heterocycles. The van der Waals surface area contributed by atoms with Crippen LogP contribution in [-0.4, -0.2) is 23.4 Å². The fraction of sp³-hybridized carbons (Fsp3) is 0.429. The van der Waals surface area contributed by atoms with E-state index in [0.29, 0.717) is 24.8 Å². The van der Waals surface area contributed by atoms with Crippen LogP contribution < -0.4 is 9.47 Å². The molecule has 0 atom stereocenters. The van der Waals surface area contributed by atoms with Crippen LogP contribution in [-0.2, 0) is 0 Å². The van der Waals surface area contributed by atoms with E-state index in [-0.39, 0.29) is 0 Å². The predicted molar refractivity (Wildman–Crippen MR) is 37.6 cm³/mol. The van der Waals surface area contributed by atoms with E-state index >= 15 is 0 Å². The Balaban J connectivity index is 2.33. The van der Waals surface area contributed by atoms with Gasteiger partial charge in [-0.05, 0) is 0 Å². The molecule has 0 saturated heterocycles. The lowest BCUT2D eigenvalue weighted by molar-refractivity contribution is 0.292. The summed E-state index contributed by atoms with van der Waals surface area (Å²) in [5.41, 5.74) is 0. The molecule has 0 N–H and O–H groups in total. The zero-order valence-corrected chi connectivity index (χ0v) is 5.99. The van der Waals surface area contributed by atoms with E-state index in [0.717, 1.165) is 6.42 Å². The first-order valence-electron chi connectivity index (χ1n) is 3.54. The summed E-state index contributed by atoms with van der Waals surface area (Å²) in [7, 11) is 0. The van der Waals surface area contributed by atoms with E-state index in [1.807, 2.05) is 0 Å². The Hall–Kier alpha value is -1.32. The second kappa shape index (κ2) is 2.74. The molecule has 0 bridgehead atoms. The largest absolute Gasteiger partial charge is 0.488 e. The van der Waals surface area contributed by atoms with E-state index in [9.17, 15) is 0 Å². The normalized spacial score (nSPS) is 15.6. The van der Waals surface area contributed by atoms with Gasteiger partial charge in [0.15, 0.2) is 5.75 Å². The Morgan fingerprint density at radius 3 is 3.18 bits per heavy atom. The van der Waals surface area contributed by atoms with Crippen molar-refractivity contribution in [2.75, 3.05) is 13.2 Å². The lowest BCUT2D eigenvalue weighted by Gasteiger charge is -2.01. The first-order valence-corrected chi connectivity index (χ1v) is 3.54. The third-order valence-electron chi connectivity index (χ3n) is 1.44. The summed E-state index contributed by atoms with van der Waals surface area (Å²) < 4.78 is 10.6. The van der Waals surface area contributed by atoms with Crippen molar-refractivity contribution in [2.24, 2.45) is 0 Å². The average Bonchev–Trinajstić information content (AvgIpc) is 2.28. The third-order valence-corrected chi connectivity index (χ3v) is 1.44. The van der Waals surface area contributed by atoms with E-state index < -0.39 is 0 Å². The van der Waals surface area contributed by atoms with Gasteiger partial charge in [0.2, 0.25) is 0 Å². The molecule has 11 heavy (non-hydrogen) atoms. The van der Waals surface area contributed by atoms with Crippen molar-refractivity contribution in [3.8, 4) is 11.6 Å². The van der Waals surface area contributed by atoms with Gasteiger partial charge in [0.25, 0.3) is 5.88 Å². The standard InChI is InChI=1S/C7H8N2O2/c1-4-10-6-2-3-8-9-7(6)11-5-1/h2-3H,1,4-5H2.